The topological polar surface area (TPSA) is 79.6 Å². The third-order valence-electron chi connectivity index (χ3n) is 5.77. The summed E-state index contributed by atoms with van der Waals surface area (Å²) < 4.78 is 1.65. The molecule has 1 saturated heterocycles. The molecular weight excluding hydrogens is 378 g/mol. The Hall–Kier alpha value is -3.22. The Kier molecular flexibility index (Phi) is 5.79. The number of nitrogens with zero attached hydrogens (tertiary/aromatic N) is 4. The largest absolute Gasteiger partial charge is 0.350 e. The third kappa shape index (κ3) is 4.35. The van der Waals surface area contributed by atoms with E-state index in [0.717, 1.165) is 24.0 Å². The van der Waals surface area contributed by atoms with Gasteiger partial charge in [0.1, 0.15) is 5.56 Å². The van der Waals surface area contributed by atoms with Crippen LogP contribution in [0.15, 0.2) is 48.9 Å². The number of carbonyl (C=O) groups is 2. The standard InChI is InChI=1S/C23H27N5O2/c1-16-13-24-22-20(14-25-28(22)15-16)23(30)27-10-8-18(9-11-27)12-21(29)26-17(2)19-6-4-3-5-7-19/h3-7,13-15,17-18H,8-12H2,1-2H3,(H,26,29)/t17-/m0/s1. The number of rotatable bonds is 5. The SMILES string of the molecule is Cc1cnc2c(C(=O)N3CCC(CC(=O)N[C@@H](C)c4ccccc4)CC3)cnn2c1. The molecule has 1 aliphatic heterocycles. The number of aryl methyl sites for hydroxylation is 1. The van der Waals surface area contributed by atoms with Crippen molar-refractivity contribution in [3.05, 3.63) is 65.6 Å². The summed E-state index contributed by atoms with van der Waals surface area (Å²) in [6.07, 6.45) is 7.34. The number of fused-ring (bicyclic) bond motifs is 1. The van der Waals surface area contributed by atoms with Crippen molar-refractivity contribution in [2.24, 2.45) is 5.92 Å². The third-order valence-corrected chi connectivity index (χ3v) is 5.77. The fourth-order valence-electron chi connectivity index (χ4n) is 4.02. The number of nitrogens with one attached hydrogen (secondary N) is 1. The second-order valence-electron chi connectivity index (χ2n) is 8.10. The maximum absolute atomic E-state index is 12.9. The zero-order valence-electron chi connectivity index (χ0n) is 17.4. The average Bonchev–Trinajstić information content (AvgIpc) is 3.17. The van der Waals surface area contributed by atoms with Crippen LogP contribution in [0.3, 0.4) is 0 Å². The van der Waals surface area contributed by atoms with Crippen LogP contribution < -0.4 is 5.32 Å². The van der Waals surface area contributed by atoms with Crippen LogP contribution in [0.2, 0.25) is 0 Å². The lowest BCUT2D eigenvalue weighted by Crippen LogP contribution is -2.39. The van der Waals surface area contributed by atoms with E-state index in [9.17, 15) is 9.59 Å². The Morgan fingerprint density at radius 2 is 1.90 bits per heavy atom. The van der Waals surface area contributed by atoms with Crippen molar-refractivity contribution in [3.63, 3.8) is 0 Å². The van der Waals surface area contributed by atoms with Gasteiger partial charge in [-0.25, -0.2) is 9.50 Å². The quantitative estimate of drug-likeness (QED) is 0.707. The molecule has 1 aromatic carbocycles. The summed E-state index contributed by atoms with van der Waals surface area (Å²) in [4.78, 5) is 31.6. The number of carbonyl (C=O) groups excluding carboxylic acids is 2. The van der Waals surface area contributed by atoms with Crippen LogP contribution >= 0.6 is 0 Å². The summed E-state index contributed by atoms with van der Waals surface area (Å²) in [6, 6.07) is 9.96. The van der Waals surface area contributed by atoms with E-state index in [1.807, 2.05) is 55.3 Å². The second-order valence-corrected chi connectivity index (χ2v) is 8.10. The number of aromatic nitrogens is 3. The normalized spacial score (nSPS) is 15.9. The molecule has 0 saturated carbocycles. The molecule has 1 aliphatic rings. The van der Waals surface area contributed by atoms with E-state index in [4.69, 9.17) is 0 Å². The van der Waals surface area contributed by atoms with Gasteiger partial charge in [-0.3, -0.25) is 9.59 Å². The first-order chi connectivity index (χ1) is 14.5. The van der Waals surface area contributed by atoms with Gasteiger partial charge in [0.25, 0.3) is 5.91 Å². The maximum Gasteiger partial charge on any atom is 0.259 e. The Labute approximate surface area is 176 Å². The fraction of sp³-hybridized carbons (Fsp3) is 0.391. The van der Waals surface area contributed by atoms with Crippen molar-refractivity contribution in [3.8, 4) is 0 Å². The van der Waals surface area contributed by atoms with E-state index in [1.54, 1.807) is 16.9 Å². The maximum atomic E-state index is 12.9. The summed E-state index contributed by atoms with van der Waals surface area (Å²) in [7, 11) is 0. The van der Waals surface area contributed by atoms with Crippen LogP contribution in [0.4, 0.5) is 0 Å². The predicted octanol–water partition coefficient (Wildman–Crippen LogP) is 3.16. The molecule has 1 atom stereocenters. The van der Waals surface area contributed by atoms with E-state index in [0.29, 0.717) is 36.6 Å². The van der Waals surface area contributed by atoms with Gasteiger partial charge in [0.15, 0.2) is 5.65 Å². The van der Waals surface area contributed by atoms with Gasteiger partial charge < -0.3 is 10.2 Å². The number of amides is 2. The Morgan fingerprint density at radius 3 is 2.63 bits per heavy atom. The first-order valence-electron chi connectivity index (χ1n) is 10.4. The lowest BCUT2D eigenvalue weighted by Gasteiger charge is -2.31. The molecule has 1 fully saturated rings. The summed E-state index contributed by atoms with van der Waals surface area (Å²) >= 11 is 0. The second kappa shape index (κ2) is 8.65. The molecule has 30 heavy (non-hydrogen) atoms. The van der Waals surface area contributed by atoms with Gasteiger partial charge in [0.05, 0.1) is 12.2 Å². The van der Waals surface area contributed by atoms with Gasteiger partial charge in [-0.2, -0.15) is 5.10 Å². The van der Waals surface area contributed by atoms with Crippen molar-refractivity contribution in [2.45, 2.75) is 39.2 Å². The van der Waals surface area contributed by atoms with Crippen LogP contribution in [0.5, 0.6) is 0 Å². The molecule has 1 N–H and O–H groups in total. The Balaban J connectivity index is 1.30. The van der Waals surface area contributed by atoms with Crippen molar-refractivity contribution >= 4 is 17.5 Å². The van der Waals surface area contributed by atoms with Crippen molar-refractivity contribution in [1.29, 1.82) is 0 Å². The average molecular weight is 406 g/mol. The van der Waals surface area contributed by atoms with Crippen molar-refractivity contribution < 1.29 is 9.59 Å². The predicted molar refractivity (Wildman–Crippen MR) is 114 cm³/mol. The van der Waals surface area contributed by atoms with Crippen molar-refractivity contribution in [2.75, 3.05) is 13.1 Å². The first kappa shape index (κ1) is 20.1. The number of likely N-dealkylation sites (tertiary alicyclic amines) is 1. The highest BCUT2D eigenvalue weighted by atomic mass is 16.2. The minimum Gasteiger partial charge on any atom is -0.350 e. The molecule has 7 nitrogen and oxygen atoms in total. The minimum absolute atomic E-state index is 0.00729. The summed E-state index contributed by atoms with van der Waals surface area (Å²) in [6.45, 7) is 5.24. The first-order valence-corrected chi connectivity index (χ1v) is 10.4. The lowest BCUT2D eigenvalue weighted by molar-refractivity contribution is -0.122. The van der Waals surface area contributed by atoms with Gasteiger partial charge >= 0.3 is 0 Å². The van der Waals surface area contributed by atoms with E-state index in [-0.39, 0.29) is 17.9 Å². The van der Waals surface area contributed by atoms with Gasteiger partial charge in [0, 0.05) is 31.9 Å². The molecule has 2 amide bonds. The zero-order chi connectivity index (χ0) is 21.1. The number of hydrogen-bond donors (Lipinski definition) is 1. The minimum atomic E-state index is -0.0399. The number of benzene rings is 1. The molecule has 3 heterocycles. The van der Waals surface area contributed by atoms with E-state index in [1.165, 1.54) is 0 Å². The molecule has 0 radical (unpaired) electrons. The molecule has 0 aliphatic carbocycles. The molecule has 3 aromatic rings. The van der Waals surface area contributed by atoms with Gasteiger partial charge in [-0.15, -0.1) is 0 Å². The smallest absolute Gasteiger partial charge is 0.259 e. The molecule has 156 valence electrons. The fourth-order valence-corrected chi connectivity index (χ4v) is 4.02. The molecule has 2 aromatic heterocycles. The highest BCUT2D eigenvalue weighted by molar-refractivity contribution is 5.99. The number of hydrogen-bond acceptors (Lipinski definition) is 4. The van der Waals surface area contributed by atoms with Gasteiger partial charge in [0.2, 0.25) is 5.91 Å². The van der Waals surface area contributed by atoms with Crippen LogP contribution in [-0.4, -0.2) is 44.4 Å². The molecule has 0 unspecified atom stereocenters. The highest BCUT2D eigenvalue weighted by Crippen LogP contribution is 2.23. The number of piperidine rings is 1. The summed E-state index contributed by atoms with van der Waals surface area (Å²) in [5, 5.41) is 7.34. The van der Waals surface area contributed by atoms with Crippen LogP contribution in [-0.2, 0) is 4.79 Å². The molecule has 0 spiro atoms. The van der Waals surface area contributed by atoms with E-state index in [2.05, 4.69) is 15.4 Å². The van der Waals surface area contributed by atoms with Crippen molar-refractivity contribution in [1.82, 2.24) is 24.8 Å². The van der Waals surface area contributed by atoms with Crippen LogP contribution in [0, 0.1) is 12.8 Å². The molecular formula is C23H27N5O2. The Morgan fingerprint density at radius 1 is 1.17 bits per heavy atom. The monoisotopic (exact) mass is 405 g/mol. The molecule has 7 heteroatoms. The lowest BCUT2D eigenvalue weighted by atomic mass is 9.92. The zero-order valence-corrected chi connectivity index (χ0v) is 17.4. The molecule has 0 bridgehead atoms. The van der Waals surface area contributed by atoms with Gasteiger partial charge in [-0.05, 0) is 43.7 Å². The van der Waals surface area contributed by atoms with E-state index < -0.39 is 0 Å². The Bertz CT molecular complexity index is 1040. The van der Waals surface area contributed by atoms with Gasteiger partial charge in [-0.1, -0.05) is 30.3 Å². The molecule has 4 rings (SSSR count). The van der Waals surface area contributed by atoms with E-state index >= 15 is 0 Å². The highest BCUT2D eigenvalue weighted by Gasteiger charge is 2.27. The summed E-state index contributed by atoms with van der Waals surface area (Å²) in [5.74, 6) is 0.321. The van der Waals surface area contributed by atoms with Crippen LogP contribution in [0.1, 0.15) is 53.7 Å². The summed E-state index contributed by atoms with van der Waals surface area (Å²) in [5.41, 5.74) is 3.21. The van der Waals surface area contributed by atoms with Crippen LogP contribution in [0.25, 0.3) is 5.65 Å².